The van der Waals surface area contributed by atoms with Gasteiger partial charge < -0.3 is 10.1 Å². The van der Waals surface area contributed by atoms with Crippen molar-refractivity contribution in [1.82, 2.24) is 25.1 Å². The summed E-state index contributed by atoms with van der Waals surface area (Å²) in [6.07, 6.45) is 5.19. The lowest BCUT2D eigenvalue weighted by atomic mass is 9.92. The second kappa shape index (κ2) is 7.22. The van der Waals surface area contributed by atoms with Crippen LogP contribution in [0.15, 0.2) is 18.6 Å². The van der Waals surface area contributed by atoms with Crippen LogP contribution in [-0.2, 0) is 10.3 Å². The molecule has 1 saturated heterocycles. The third-order valence-electron chi connectivity index (χ3n) is 3.91. The summed E-state index contributed by atoms with van der Waals surface area (Å²) < 4.78 is 5.44. The molecule has 116 valence electrons. The zero-order valence-electron chi connectivity index (χ0n) is 12.9. The van der Waals surface area contributed by atoms with Crippen molar-refractivity contribution in [3.8, 4) is 0 Å². The summed E-state index contributed by atoms with van der Waals surface area (Å²) in [4.78, 5) is 14.0. The molecule has 0 bridgehead atoms. The van der Waals surface area contributed by atoms with E-state index in [1.165, 1.54) is 0 Å². The van der Waals surface area contributed by atoms with Crippen LogP contribution in [0.5, 0.6) is 0 Å². The Hall–Kier alpha value is -1.15. The maximum atomic E-state index is 5.64. The first-order valence-corrected chi connectivity index (χ1v) is 7.48. The summed E-state index contributed by atoms with van der Waals surface area (Å²) in [5.74, 6) is 0. The summed E-state index contributed by atoms with van der Waals surface area (Å²) >= 11 is 5.64. The molecular formula is C14H23N5OS. The van der Waals surface area contributed by atoms with Crippen LogP contribution >= 0.6 is 12.2 Å². The van der Waals surface area contributed by atoms with Crippen molar-refractivity contribution < 1.29 is 4.74 Å². The van der Waals surface area contributed by atoms with Crippen molar-refractivity contribution in [2.24, 2.45) is 0 Å². The van der Waals surface area contributed by atoms with E-state index in [1.807, 2.05) is 21.1 Å². The molecule has 2 rings (SSSR count). The Morgan fingerprint density at radius 1 is 1.43 bits per heavy atom. The fourth-order valence-electron chi connectivity index (χ4n) is 2.65. The third-order valence-corrected chi connectivity index (χ3v) is 4.45. The predicted octanol–water partition coefficient (Wildman–Crippen LogP) is 0.113. The van der Waals surface area contributed by atoms with Crippen LogP contribution in [0.2, 0.25) is 0 Å². The maximum Gasteiger partial charge on any atom is 0.128 e. The van der Waals surface area contributed by atoms with Crippen molar-refractivity contribution in [2.75, 3.05) is 54.0 Å². The number of ether oxygens (including phenoxy) is 1. The van der Waals surface area contributed by atoms with Crippen LogP contribution < -0.4 is 5.32 Å². The maximum absolute atomic E-state index is 5.64. The standard InChI is InChI=1S/C14H23N5OS/c1-15-13(21)14(18(2)3,12-10-16-4-5-17-12)11-19-6-8-20-9-7-19/h4-5,10H,6-9,11H2,1-3H3,(H,15,21). The number of hydrogen-bond donors (Lipinski definition) is 1. The first kappa shape index (κ1) is 16.2. The van der Waals surface area contributed by atoms with Gasteiger partial charge in [0.2, 0.25) is 0 Å². The van der Waals surface area contributed by atoms with Crippen molar-refractivity contribution in [3.05, 3.63) is 24.3 Å². The van der Waals surface area contributed by atoms with Gasteiger partial charge in [-0.3, -0.25) is 19.8 Å². The summed E-state index contributed by atoms with van der Waals surface area (Å²) in [5, 5.41) is 3.14. The van der Waals surface area contributed by atoms with Crippen LogP contribution in [0.4, 0.5) is 0 Å². The molecule has 1 unspecified atom stereocenters. The van der Waals surface area contributed by atoms with Gasteiger partial charge in [-0.15, -0.1) is 0 Å². The van der Waals surface area contributed by atoms with E-state index >= 15 is 0 Å². The molecular weight excluding hydrogens is 286 g/mol. The molecule has 1 aliphatic heterocycles. The van der Waals surface area contributed by atoms with Crippen molar-refractivity contribution in [2.45, 2.75) is 5.54 Å². The van der Waals surface area contributed by atoms with Crippen LogP contribution in [0.25, 0.3) is 0 Å². The van der Waals surface area contributed by atoms with Gasteiger partial charge in [0.1, 0.15) is 10.5 Å². The van der Waals surface area contributed by atoms with Gasteiger partial charge in [0.25, 0.3) is 0 Å². The van der Waals surface area contributed by atoms with Crippen LogP contribution in [0.3, 0.4) is 0 Å². The average molecular weight is 309 g/mol. The number of hydrogen-bond acceptors (Lipinski definition) is 6. The Balaban J connectivity index is 2.38. The molecule has 0 radical (unpaired) electrons. The van der Waals surface area contributed by atoms with Gasteiger partial charge in [-0.25, -0.2) is 0 Å². The summed E-state index contributed by atoms with van der Waals surface area (Å²) in [6.45, 7) is 4.10. The Morgan fingerprint density at radius 2 is 2.14 bits per heavy atom. The number of nitrogens with one attached hydrogen (secondary N) is 1. The van der Waals surface area contributed by atoms with Crippen molar-refractivity contribution in [3.63, 3.8) is 0 Å². The lowest BCUT2D eigenvalue weighted by Crippen LogP contribution is -2.59. The van der Waals surface area contributed by atoms with Gasteiger partial charge in [-0.2, -0.15) is 0 Å². The molecule has 1 fully saturated rings. The summed E-state index contributed by atoms with van der Waals surface area (Å²) in [7, 11) is 5.91. The van der Waals surface area contributed by atoms with E-state index in [1.54, 1.807) is 18.6 Å². The zero-order valence-corrected chi connectivity index (χ0v) is 13.7. The van der Waals surface area contributed by atoms with E-state index in [-0.39, 0.29) is 0 Å². The second-order valence-electron chi connectivity index (χ2n) is 5.31. The van der Waals surface area contributed by atoms with E-state index in [0.717, 1.165) is 43.5 Å². The molecule has 0 aliphatic carbocycles. The topological polar surface area (TPSA) is 53.5 Å². The minimum absolute atomic E-state index is 0.490. The molecule has 2 heterocycles. The first-order valence-electron chi connectivity index (χ1n) is 7.07. The van der Waals surface area contributed by atoms with Gasteiger partial charge in [-0.05, 0) is 14.1 Å². The van der Waals surface area contributed by atoms with E-state index in [0.29, 0.717) is 0 Å². The zero-order chi connectivity index (χ0) is 15.3. The molecule has 0 amide bonds. The molecule has 6 nitrogen and oxygen atoms in total. The normalized spacial score (nSPS) is 19.2. The molecule has 21 heavy (non-hydrogen) atoms. The molecule has 1 atom stereocenters. The van der Waals surface area contributed by atoms with Crippen LogP contribution in [0, 0.1) is 0 Å². The molecule has 0 saturated carbocycles. The van der Waals surface area contributed by atoms with Gasteiger partial charge >= 0.3 is 0 Å². The molecule has 0 spiro atoms. The van der Waals surface area contributed by atoms with Crippen LogP contribution in [0.1, 0.15) is 5.69 Å². The number of aromatic nitrogens is 2. The third kappa shape index (κ3) is 3.37. The van der Waals surface area contributed by atoms with Gasteiger partial charge in [0.15, 0.2) is 0 Å². The molecule has 1 N–H and O–H groups in total. The minimum Gasteiger partial charge on any atom is -0.381 e. The molecule has 1 aromatic heterocycles. The Bertz CT molecular complexity index is 464. The largest absolute Gasteiger partial charge is 0.381 e. The SMILES string of the molecule is CNC(=S)C(CN1CCOCC1)(c1cnccn1)N(C)C. The summed E-state index contributed by atoms with van der Waals surface area (Å²) in [5.41, 5.74) is 0.371. The first-order chi connectivity index (χ1) is 10.1. The highest BCUT2D eigenvalue weighted by Crippen LogP contribution is 2.27. The number of likely N-dealkylation sites (N-methyl/N-ethyl adjacent to an activating group) is 2. The Kier molecular flexibility index (Phi) is 5.58. The Morgan fingerprint density at radius 3 is 2.67 bits per heavy atom. The van der Waals surface area contributed by atoms with Crippen molar-refractivity contribution in [1.29, 1.82) is 0 Å². The monoisotopic (exact) mass is 309 g/mol. The predicted molar refractivity (Wildman–Crippen MR) is 86.3 cm³/mol. The van der Waals surface area contributed by atoms with Gasteiger partial charge in [-0.1, -0.05) is 12.2 Å². The molecule has 1 aliphatic rings. The lowest BCUT2D eigenvalue weighted by molar-refractivity contribution is 0.0180. The second-order valence-corrected chi connectivity index (χ2v) is 5.72. The number of nitrogens with zero attached hydrogens (tertiary/aromatic N) is 4. The van der Waals surface area contributed by atoms with E-state index in [9.17, 15) is 0 Å². The summed E-state index contributed by atoms with van der Waals surface area (Å²) in [6, 6.07) is 0. The minimum atomic E-state index is -0.490. The highest BCUT2D eigenvalue weighted by molar-refractivity contribution is 7.80. The lowest BCUT2D eigenvalue weighted by Gasteiger charge is -2.43. The van der Waals surface area contributed by atoms with Crippen LogP contribution in [-0.4, -0.2) is 78.7 Å². The fraction of sp³-hybridized carbons (Fsp3) is 0.643. The van der Waals surface area contributed by atoms with E-state index in [2.05, 4.69) is 25.1 Å². The fourth-order valence-corrected chi connectivity index (χ4v) is 3.00. The van der Waals surface area contributed by atoms with Crippen molar-refractivity contribution >= 4 is 17.2 Å². The van der Waals surface area contributed by atoms with Gasteiger partial charge in [0, 0.05) is 39.1 Å². The number of rotatable bonds is 5. The highest BCUT2D eigenvalue weighted by Gasteiger charge is 2.42. The molecule has 1 aromatic rings. The Labute approximate surface area is 131 Å². The van der Waals surface area contributed by atoms with E-state index < -0.39 is 5.54 Å². The molecule has 0 aromatic carbocycles. The number of morpholine rings is 1. The molecule has 7 heteroatoms. The quantitative estimate of drug-likeness (QED) is 0.775. The van der Waals surface area contributed by atoms with E-state index in [4.69, 9.17) is 17.0 Å². The average Bonchev–Trinajstić information content (AvgIpc) is 2.53. The van der Waals surface area contributed by atoms with Gasteiger partial charge in [0.05, 0.1) is 25.1 Å². The highest BCUT2D eigenvalue weighted by atomic mass is 32.1. The smallest absolute Gasteiger partial charge is 0.128 e. The number of thiocarbonyl (C=S) groups is 1.